The number of rotatable bonds is 6. The molecule has 15 heavy (non-hydrogen) atoms. The lowest BCUT2D eigenvalue weighted by Gasteiger charge is -2.06. The third-order valence-electron chi connectivity index (χ3n) is 1.95. The Kier molecular flexibility index (Phi) is 5.04. The maximum absolute atomic E-state index is 13.0. The fraction of sp³-hybridized carbons (Fsp3) is 0.455. The summed E-state index contributed by atoms with van der Waals surface area (Å²) in [7, 11) is 0. The Bertz CT molecular complexity index is 303. The fourth-order valence-corrected chi connectivity index (χ4v) is 1.17. The SMILES string of the molecule is OCCCCCOc1ccc(F)cc1F. The Balaban J connectivity index is 2.31. The van der Waals surface area contributed by atoms with Crippen LogP contribution in [0.4, 0.5) is 8.78 Å². The van der Waals surface area contributed by atoms with Crippen molar-refractivity contribution in [2.24, 2.45) is 0 Å². The van der Waals surface area contributed by atoms with Gasteiger partial charge in [-0.3, -0.25) is 0 Å². The zero-order valence-corrected chi connectivity index (χ0v) is 8.38. The Morgan fingerprint density at radius 3 is 2.60 bits per heavy atom. The van der Waals surface area contributed by atoms with Crippen molar-refractivity contribution in [3.8, 4) is 5.75 Å². The molecular formula is C11H14F2O2. The van der Waals surface area contributed by atoms with Gasteiger partial charge in [-0.2, -0.15) is 0 Å². The van der Waals surface area contributed by atoms with E-state index in [9.17, 15) is 8.78 Å². The summed E-state index contributed by atoms with van der Waals surface area (Å²) in [5.74, 6) is -1.22. The van der Waals surface area contributed by atoms with E-state index in [-0.39, 0.29) is 12.4 Å². The molecule has 0 aliphatic carbocycles. The second-order valence-corrected chi connectivity index (χ2v) is 3.21. The van der Waals surface area contributed by atoms with Crippen LogP contribution in [-0.2, 0) is 0 Å². The normalized spacial score (nSPS) is 10.3. The van der Waals surface area contributed by atoms with Gasteiger partial charge in [0.25, 0.3) is 0 Å². The molecule has 0 bridgehead atoms. The third-order valence-corrected chi connectivity index (χ3v) is 1.95. The maximum atomic E-state index is 13.0. The average molecular weight is 216 g/mol. The van der Waals surface area contributed by atoms with E-state index < -0.39 is 11.6 Å². The first-order chi connectivity index (χ1) is 7.24. The van der Waals surface area contributed by atoms with Gasteiger partial charge in [0.1, 0.15) is 5.82 Å². The molecule has 2 nitrogen and oxygen atoms in total. The predicted octanol–water partition coefficient (Wildman–Crippen LogP) is 2.51. The number of aliphatic hydroxyl groups is 1. The molecule has 1 N–H and O–H groups in total. The van der Waals surface area contributed by atoms with Gasteiger partial charge in [-0.15, -0.1) is 0 Å². The van der Waals surface area contributed by atoms with Crippen LogP contribution in [0.2, 0.25) is 0 Å². The largest absolute Gasteiger partial charge is 0.491 e. The number of hydrogen-bond acceptors (Lipinski definition) is 2. The number of ether oxygens (including phenoxy) is 1. The van der Waals surface area contributed by atoms with Crippen molar-refractivity contribution in [3.05, 3.63) is 29.8 Å². The van der Waals surface area contributed by atoms with E-state index in [2.05, 4.69) is 0 Å². The monoisotopic (exact) mass is 216 g/mol. The lowest BCUT2D eigenvalue weighted by Crippen LogP contribution is -2.00. The highest BCUT2D eigenvalue weighted by molar-refractivity contribution is 5.24. The van der Waals surface area contributed by atoms with Crippen LogP contribution in [0.15, 0.2) is 18.2 Å². The number of unbranched alkanes of at least 4 members (excludes halogenated alkanes) is 2. The smallest absolute Gasteiger partial charge is 0.167 e. The molecule has 0 unspecified atom stereocenters. The highest BCUT2D eigenvalue weighted by Crippen LogP contribution is 2.17. The summed E-state index contributed by atoms with van der Waals surface area (Å²) in [6.07, 6.45) is 2.30. The molecule has 1 rings (SSSR count). The minimum absolute atomic E-state index is 0.0698. The molecule has 84 valence electrons. The molecule has 0 atom stereocenters. The van der Waals surface area contributed by atoms with Crippen molar-refractivity contribution in [2.75, 3.05) is 13.2 Å². The van der Waals surface area contributed by atoms with Gasteiger partial charge in [0.05, 0.1) is 6.61 Å². The Morgan fingerprint density at radius 1 is 1.13 bits per heavy atom. The first-order valence-corrected chi connectivity index (χ1v) is 4.93. The summed E-state index contributed by atoms with van der Waals surface area (Å²) in [6, 6.07) is 3.23. The van der Waals surface area contributed by atoms with E-state index >= 15 is 0 Å². The lowest BCUT2D eigenvalue weighted by molar-refractivity contribution is 0.261. The van der Waals surface area contributed by atoms with Crippen LogP contribution in [0, 0.1) is 11.6 Å². The maximum Gasteiger partial charge on any atom is 0.167 e. The molecule has 1 aromatic rings. The number of benzene rings is 1. The van der Waals surface area contributed by atoms with Crippen molar-refractivity contribution in [3.63, 3.8) is 0 Å². The molecule has 0 spiro atoms. The Labute approximate surface area is 87.5 Å². The van der Waals surface area contributed by atoms with E-state index in [0.717, 1.165) is 31.4 Å². The van der Waals surface area contributed by atoms with Crippen molar-refractivity contribution in [1.29, 1.82) is 0 Å². The lowest BCUT2D eigenvalue weighted by atomic mass is 10.2. The number of halogens is 2. The molecule has 4 heteroatoms. The van der Waals surface area contributed by atoms with Gasteiger partial charge >= 0.3 is 0 Å². The Morgan fingerprint density at radius 2 is 1.93 bits per heavy atom. The zero-order valence-electron chi connectivity index (χ0n) is 8.38. The molecule has 0 saturated carbocycles. The van der Waals surface area contributed by atoms with E-state index in [1.807, 2.05) is 0 Å². The van der Waals surface area contributed by atoms with Gasteiger partial charge in [-0.25, -0.2) is 8.78 Å². The minimum atomic E-state index is -0.683. The zero-order chi connectivity index (χ0) is 11.1. The molecule has 0 aliphatic rings. The third kappa shape index (κ3) is 4.25. The molecule has 0 fully saturated rings. The summed E-state index contributed by atoms with van der Waals surface area (Å²) in [5, 5.41) is 8.51. The standard InChI is InChI=1S/C11H14F2O2/c12-9-4-5-11(10(13)8-9)15-7-3-1-2-6-14/h4-5,8,14H,1-3,6-7H2. The van der Waals surface area contributed by atoms with Crippen molar-refractivity contribution in [2.45, 2.75) is 19.3 Å². The number of hydrogen-bond donors (Lipinski definition) is 1. The van der Waals surface area contributed by atoms with Crippen LogP contribution >= 0.6 is 0 Å². The van der Waals surface area contributed by atoms with Crippen LogP contribution in [0.5, 0.6) is 5.75 Å². The Hall–Kier alpha value is -1.16. The van der Waals surface area contributed by atoms with Gasteiger partial charge in [0.2, 0.25) is 0 Å². The molecular weight excluding hydrogens is 202 g/mol. The van der Waals surface area contributed by atoms with Crippen LogP contribution in [0.1, 0.15) is 19.3 Å². The van der Waals surface area contributed by atoms with Gasteiger partial charge in [-0.1, -0.05) is 0 Å². The second kappa shape index (κ2) is 6.35. The highest BCUT2D eigenvalue weighted by Gasteiger charge is 2.03. The molecule has 0 amide bonds. The van der Waals surface area contributed by atoms with E-state index in [0.29, 0.717) is 6.61 Å². The first-order valence-electron chi connectivity index (χ1n) is 4.93. The highest BCUT2D eigenvalue weighted by atomic mass is 19.1. The first kappa shape index (κ1) is 11.9. The van der Waals surface area contributed by atoms with Gasteiger partial charge in [-0.05, 0) is 31.4 Å². The summed E-state index contributed by atoms with van der Waals surface area (Å²) >= 11 is 0. The van der Waals surface area contributed by atoms with Crippen LogP contribution in [0.25, 0.3) is 0 Å². The van der Waals surface area contributed by atoms with Gasteiger partial charge in [0.15, 0.2) is 11.6 Å². The van der Waals surface area contributed by atoms with E-state index in [1.165, 1.54) is 6.07 Å². The molecule has 0 aliphatic heterocycles. The average Bonchev–Trinajstić information content (AvgIpc) is 2.20. The van der Waals surface area contributed by atoms with E-state index in [4.69, 9.17) is 9.84 Å². The summed E-state index contributed by atoms with van der Waals surface area (Å²) in [4.78, 5) is 0. The van der Waals surface area contributed by atoms with Crippen molar-refractivity contribution in [1.82, 2.24) is 0 Å². The predicted molar refractivity (Wildman–Crippen MR) is 52.8 cm³/mol. The van der Waals surface area contributed by atoms with E-state index in [1.54, 1.807) is 0 Å². The molecule has 0 heterocycles. The molecule has 0 radical (unpaired) electrons. The van der Waals surface area contributed by atoms with Crippen molar-refractivity contribution < 1.29 is 18.6 Å². The molecule has 0 saturated heterocycles. The fourth-order valence-electron chi connectivity index (χ4n) is 1.17. The van der Waals surface area contributed by atoms with Crippen molar-refractivity contribution >= 4 is 0 Å². The minimum Gasteiger partial charge on any atom is -0.491 e. The second-order valence-electron chi connectivity index (χ2n) is 3.21. The summed E-state index contributed by atoms with van der Waals surface area (Å²) in [5.41, 5.74) is 0. The number of aliphatic hydroxyl groups excluding tert-OH is 1. The summed E-state index contributed by atoms with van der Waals surface area (Å²) < 4.78 is 30.6. The van der Waals surface area contributed by atoms with Gasteiger partial charge < -0.3 is 9.84 Å². The van der Waals surface area contributed by atoms with Crippen LogP contribution in [0.3, 0.4) is 0 Å². The van der Waals surface area contributed by atoms with Gasteiger partial charge in [0, 0.05) is 12.7 Å². The molecule has 0 aromatic heterocycles. The van der Waals surface area contributed by atoms with Crippen LogP contribution < -0.4 is 4.74 Å². The molecule has 1 aromatic carbocycles. The summed E-state index contributed by atoms with van der Waals surface area (Å²) in [6.45, 7) is 0.535. The quantitative estimate of drug-likeness (QED) is 0.740. The topological polar surface area (TPSA) is 29.5 Å². The van der Waals surface area contributed by atoms with Crippen LogP contribution in [-0.4, -0.2) is 18.3 Å².